The van der Waals surface area contributed by atoms with Crippen molar-refractivity contribution >= 4 is 28.4 Å². The Hall–Kier alpha value is -1.84. The van der Waals surface area contributed by atoms with Crippen LogP contribution in [0.4, 0.5) is 23.1 Å². The number of likely N-dealkylation sites (tertiary alicyclic amines) is 1. The van der Waals surface area contributed by atoms with Gasteiger partial charge in [0.15, 0.2) is 5.13 Å². The molecule has 1 atom stereocenters. The van der Waals surface area contributed by atoms with Crippen molar-refractivity contribution in [2.45, 2.75) is 43.9 Å². The molecule has 1 unspecified atom stereocenters. The summed E-state index contributed by atoms with van der Waals surface area (Å²) in [5, 5.41) is 5.06. The van der Waals surface area contributed by atoms with Crippen LogP contribution in [0, 0.1) is 0 Å². The predicted octanol–water partition coefficient (Wildman–Crippen LogP) is 2.44. The summed E-state index contributed by atoms with van der Waals surface area (Å²) in [5.74, 6) is -0.199. The lowest BCUT2D eigenvalue weighted by Crippen LogP contribution is -2.47. The fourth-order valence-electron chi connectivity index (χ4n) is 2.43. The van der Waals surface area contributed by atoms with E-state index in [0.717, 1.165) is 12.8 Å². The Bertz CT molecular complexity index is 615. The van der Waals surface area contributed by atoms with Gasteiger partial charge in [-0.3, -0.25) is 10.1 Å². The van der Waals surface area contributed by atoms with Gasteiger partial charge in [0, 0.05) is 12.6 Å². The Balaban J connectivity index is 1.62. The number of carbonyl (C=O) groups excluding carboxylic acids is 2. The smallest absolute Gasteiger partial charge is 0.352 e. The van der Waals surface area contributed by atoms with Crippen molar-refractivity contribution in [1.82, 2.24) is 15.2 Å². The van der Waals surface area contributed by atoms with Gasteiger partial charge in [-0.25, -0.2) is 9.78 Å². The fourth-order valence-corrected chi connectivity index (χ4v) is 3.11. The van der Waals surface area contributed by atoms with E-state index < -0.39 is 23.1 Å². The van der Waals surface area contributed by atoms with E-state index >= 15 is 0 Å². The third-order valence-corrected chi connectivity index (χ3v) is 4.70. The molecule has 6 nitrogen and oxygen atoms in total. The lowest BCUT2D eigenvalue weighted by atomic mass is 10.2. The molecule has 3 rings (SSSR count). The molecule has 2 aliphatic rings. The Morgan fingerprint density at radius 2 is 2.04 bits per heavy atom. The average Bonchev–Trinajstić information content (AvgIpc) is 2.98. The molecule has 10 heteroatoms. The van der Waals surface area contributed by atoms with Crippen molar-refractivity contribution in [2.24, 2.45) is 0 Å². The van der Waals surface area contributed by atoms with E-state index in [0.29, 0.717) is 36.9 Å². The van der Waals surface area contributed by atoms with Crippen molar-refractivity contribution in [3.8, 4) is 0 Å². The number of nitrogens with zero attached hydrogens (tertiary/aromatic N) is 2. The minimum Gasteiger partial charge on any atom is -0.352 e. The number of amides is 3. The van der Waals surface area contributed by atoms with Gasteiger partial charge in [-0.05, 0) is 25.7 Å². The Morgan fingerprint density at radius 1 is 1.30 bits per heavy atom. The SMILES string of the molecule is O=C(NC1CC1)C1CCCN1C(=O)Nc1ncc(C(F)(F)F)s1. The van der Waals surface area contributed by atoms with Crippen LogP contribution < -0.4 is 10.6 Å². The zero-order chi connectivity index (χ0) is 16.6. The predicted molar refractivity (Wildman–Crippen MR) is 77.0 cm³/mol. The van der Waals surface area contributed by atoms with Crippen LogP contribution in [0.1, 0.15) is 30.6 Å². The van der Waals surface area contributed by atoms with Crippen LogP contribution in [-0.2, 0) is 11.0 Å². The number of nitrogens with one attached hydrogen (secondary N) is 2. The van der Waals surface area contributed by atoms with E-state index in [-0.39, 0.29) is 17.1 Å². The van der Waals surface area contributed by atoms with Crippen molar-refractivity contribution in [3.63, 3.8) is 0 Å². The summed E-state index contributed by atoms with van der Waals surface area (Å²) < 4.78 is 37.6. The average molecular weight is 348 g/mol. The third kappa shape index (κ3) is 3.74. The van der Waals surface area contributed by atoms with E-state index in [1.807, 2.05) is 0 Å². The number of hydrogen-bond acceptors (Lipinski definition) is 4. The first-order chi connectivity index (χ1) is 10.8. The molecule has 2 fully saturated rings. The van der Waals surface area contributed by atoms with Crippen LogP contribution in [0.25, 0.3) is 0 Å². The molecule has 126 valence electrons. The number of hydrogen-bond donors (Lipinski definition) is 2. The van der Waals surface area contributed by atoms with Gasteiger partial charge in [-0.15, -0.1) is 0 Å². The largest absolute Gasteiger partial charge is 0.427 e. The summed E-state index contributed by atoms with van der Waals surface area (Å²) in [7, 11) is 0. The molecule has 23 heavy (non-hydrogen) atoms. The van der Waals surface area contributed by atoms with Crippen LogP contribution in [0.3, 0.4) is 0 Å². The fraction of sp³-hybridized carbons (Fsp3) is 0.615. The molecule has 1 aromatic rings. The van der Waals surface area contributed by atoms with Crippen LogP contribution in [0.2, 0.25) is 0 Å². The quantitative estimate of drug-likeness (QED) is 0.881. The Kier molecular flexibility index (Phi) is 4.17. The second-order valence-corrected chi connectivity index (χ2v) is 6.62. The van der Waals surface area contributed by atoms with Crippen molar-refractivity contribution in [3.05, 3.63) is 11.1 Å². The minimum absolute atomic E-state index is 0.129. The van der Waals surface area contributed by atoms with Gasteiger partial charge in [0.1, 0.15) is 10.9 Å². The van der Waals surface area contributed by atoms with E-state index in [1.165, 1.54) is 4.90 Å². The number of anilines is 1. The molecule has 1 saturated heterocycles. The first-order valence-electron chi connectivity index (χ1n) is 7.25. The summed E-state index contributed by atoms with van der Waals surface area (Å²) in [5.41, 5.74) is 0. The van der Waals surface area contributed by atoms with Crippen molar-refractivity contribution in [2.75, 3.05) is 11.9 Å². The highest BCUT2D eigenvalue weighted by Gasteiger charge is 2.37. The second-order valence-electron chi connectivity index (χ2n) is 5.59. The molecule has 0 bridgehead atoms. The van der Waals surface area contributed by atoms with Gasteiger partial charge in [-0.1, -0.05) is 11.3 Å². The first kappa shape index (κ1) is 16.0. The lowest BCUT2D eigenvalue weighted by Gasteiger charge is -2.23. The van der Waals surface area contributed by atoms with E-state index in [9.17, 15) is 22.8 Å². The summed E-state index contributed by atoms with van der Waals surface area (Å²) in [6, 6.07) is -0.972. The number of aromatic nitrogens is 1. The maximum Gasteiger partial charge on any atom is 0.427 e. The maximum absolute atomic E-state index is 12.5. The summed E-state index contributed by atoms with van der Waals surface area (Å²) in [6.07, 6.45) is -0.671. The second kappa shape index (κ2) is 5.99. The summed E-state index contributed by atoms with van der Waals surface area (Å²) >= 11 is 0.362. The number of thiazole rings is 1. The molecule has 0 aromatic carbocycles. The molecule has 3 amide bonds. The summed E-state index contributed by atoms with van der Waals surface area (Å²) in [4.78, 5) is 28.4. The molecule has 1 aromatic heterocycles. The normalized spacial score (nSPS) is 21.3. The molecular formula is C13H15F3N4O2S. The van der Waals surface area contributed by atoms with E-state index in [4.69, 9.17) is 0 Å². The van der Waals surface area contributed by atoms with E-state index in [2.05, 4.69) is 15.6 Å². The highest BCUT2D eigenvalue weighted by Crippen LogP contribution is 2.35. The van der Waals surface area contributed by atoms with Gasteiger partial charge in [0.05, 0.1) is 6.20 Å². The lowest BCUT2D eigenvalue weighted by molar-refractivity contribution is -0.134. The maximum atomic E-state index is 12.5. The van der Waals surface area contributed by atoms with E-state index in [1.54, 1.807) is 0 Å². The van der Waals surface area contributed by atoms with Crippen molar-refractivity contribution < 1.29 is 22.8 Å². The van der Waals surface area contributed by atoms with Crippen LogP contribution >= 0.6 is 11.3 Å². The third-order valence-electron chi connectivity index (χ3n) is 3.74. The highest BCUT2D eigenvalue weighted by atomic mass is 32.1. The monoisotopic (exact) mass is 348 g/mol. The van der Waals surface area contributed by atoms with Crippen LogP contribution in [0.15, 0.2) is 6.20 Å². The highest BCUT2D eigenvalue weighted by molar-refractivity contribution is 7.15. The Morgan fingerprint density at radius 3 is 2.65 bits per heavy atom. The number of carbonyl (C=O) groups is 2. The first-order valence-corrected chi connectivity index (χ1v) is 8.07. The van der Waals surface area contributed by atoms with Gasteiger partial charge < -0.3 is 10.2 Å². The van der Waals surface area contributed by atoms with Gasteiger partial charge >= 0.3 is 12.2 Å². The molecule has 1 saturated carbocycles. The number of alkyl halides is 3. The zero-order valence-electron chi connectivity index (χ0n) is 12.0. The molecule has 0 radical (unpaired) electrons. The van der Waals surface area contributed by atoms with Crippen LogP contribution in [0.5, 0.6) is 0 Å². The topological polar surface area (TPSA) is 74.3 Å². The summed E-state index contributed by atoms with van der Waals surface area (Å²) in [6.45, 7) is 0.395. The molecule has 1 aliphatic heterocycles. The van der Waals surface area contributed by atoms with Gasteiger partial charge in [0.25, 0.3) is 0 Å². The Labute approximate surface area is 134 Å². The standard InChI is InChI=1S/C13H15F3N4O2S/c14-13(15,16)9-6-17-11(23-9)19-12(22)20-5-1-2-8(20)10(21)18-7-3-4-7/h6-8H,1-5H2,(H,18,21)(H,17,19,22). The van der Waals surface area contributed by atoms with Crippen LogP contribution in [-0.4, -0.2) is 40.5 Å². The van der Waals surface area contributed by atoms with Gasteiger partial charge in [-0.2, -0.15) is 13.2 Å². The number of rotatable bonds is 3. The number of urea groups is 1. The molecule has 2 N–H and O–H groups in total. The minimum atomic E-state index is -4.49. The zero-order valence-corrected chi connectivity index (χ0v) is 12.8. The van der Waals surface area contributed by atoms with Crippen molar-refractivity contribution in [1.29, 1.82) is 0 Å². The molecular weight excluding hydrogens is 333 g/mol. The molecule has 0 spiro atoms. The van der Waals surface area contributed by atoms with Gasteiger partial charge in [0.2, 0.25) is 5.91 Å². The molecule has 2 heterocycles. The number of halogens is 3. The molecule has 1 aliphatic carbocycles.